The molecule has 128 valence electrons. The van der Waals surface area contributed by atoms with Gasteiger partial charge in [-0.1, -0.05) is 12.1 Å². The fourth-order valence-corrected chi connectivity index (χ4v) is 2.67. The Morgan fingerprint density at radius 2 is 1.96 bits per heavy atom. The molecular weight excluding hydrogens is 324 g/mol. The first kappa shape index (κ1) is 17.8. The maximum absolute atomic E-state index is 12.0. The Bertz CT molecular complexity index is 671. The van der Waals surface area contributed by atoms with Gasteiger partial charge in [-0.15, -0.1) is 0 Å². The Hall–Kier alpha value is -2.54. The van der Waals surface area contributed by atoms with E-state index < -0.39 is 0 Å². The van der Waals surface area contributed by atoms with Crippen molar-refractivity contribution in [3.8, 4) is 5.75 Å². The predicted octanol–water partition coefficient (Wildman–Crippen LogP) is 1.94. The molecule has 24 heavy (non-hydrogen) atoms. The van der Waals surface area contributed by atoms with E-state index in [0.29, 0.717) is 25.6 Å². The van der Waals surface area contributed by atoms with E-state index in [0.717, 1.165) is 6.54 Å². The molecule has 0 saturated heterocycles. The van der Waals surface area contributed by atoms with Crippen LogP contribution in [0.3, 0.4) is 0 Å². The molecule has 0 aliphatic heterocycles. The van der Waals surface area contributed by atoms with Crippen molar-refractivity contribution in [1.82, 2.24) is 16.0 Å². The van der Waals surface area contributed by atoms with Gasteiger partial charge in [0.15, 0.2) is 5.96 Å². The van der Waals surface area contributed by atoms with Gasteiger partial charge in [-0.2, -0.15) is 11.3 Å². The van der Waals surface area contributed by atoms with Crippen molar-refractivity contribution in [3.05, 3.63) is 52.2 Å². The molecule has 6 nitrogen and oxygen atoms in total. The van der Waals surface area contributed by atoms with Crippen LogP contribution in [-0.4, -0.2) is 36.6 Å². The fourth-order valence-electron chi connectivity index (χ4n) is 2.01. The summed E-state index contributed by atoms with van der Waals surface area (Å²) in [5.74, 6) is 0.393. The highest BCUT2D eigenvalue weighted by molar-refractivity contribution is 7.07. The lowest BCUT2D eigenvalue weighted by molar-refractivity contribution is 0.0951. The van der Waals surface area contributed by atoms with Crippen molar-refractivity contribution >= 4 is 23.2 Å². The van der Waals surface area contributed by atoms with Crippen LogP contribution in [-0.2, 0) is 6.54 Å². The van der Waals surface area contributed by atoms with Crippen molar-refractivity contribution in [2.24, 2.45) is 4.99 Å². The second-order valence-electron chi connectivity index (χ2n) is 5.03. The zero-order valence-electron chi connectivity index (χ0n) is 13.6. The van der Waals surface area contributed by atoms with Crippen LogP contribution in [0.1, 0.15) is 22.8 Å². The number of phenols is 1. The maximum Gasteiger partial charge on any atom is 0.255 e. The Labute approximate surface area is 145 Å². The van der Waals surface area contributed by atoms with Gasteiger partial charge in [-0.25, -0.2) is 4.99 Å². The lowest BCUT2D eigenvalue weighted by Crippen LogP contribution is -2.41. The maximum atomic E-state index is 12.0. The smallest absolute Gasteiger partial charge is 0.255 e. The third-order valence-corrected chi connectivity index (χ3v) is 3.93. The van der Waals surface area contributed by atoms with E-state index in [1.807, 2.05) is 18.4 Å². The van der Waals surface area contributed by atoms with Crippen molar-refractivity contribution in [2.45, 2.75) is 13.5 Å². The molecule has 0 unspecified atom stereocenters. The number of phenolic OH excluding ortho intramolecular Hbond substituents is 1. The van der Waals surface area contributed by atoms with Gasteiger partial charge in [0.1, 0.15) is 5.75 Å². The van der Waals surface area contributed by atoms with Crippen LogP contribution >= 0.6 is 11.3 Å². The summed E-state index contributed by atoms with van der Waals surface area (Å²) in [4.78, 5) is 16.5. The minimum absolute atomic E-state index is 0.0198. The van der Waals surface area contributed by atoms with E-state index in [4.69, 9.17) is 0 Å². The first-order valence-electron chi connectivity index (χ1n) is 7.80. The van der Waals surface area contributed by atoms with Crippen molar-refractivity contribution < 1.29 is 9.90 Å². The summed E-state index contributed by atoms with van der Waals surface area (Å²) in [6.07, 6.45) is 0. The quantitative estimate of drug-likeness (QED) is 0.351. The first-order valence-corrected chi connectivity index (χ1v) is 8.74. The monoisotopic (exact) mass is 346 g/mol. The summed E-state index contributed by atoms with van der Waals surface area (Å²) in [6.45, 7) is 4.34. The van der Waals surface area contributed by atoms with E-state index in [1.165, 1.54) is 11.6 Å². The number of aromatic hydroxyl groups is 1. The fraction of sp³-hybridized carbons (Fsp3) is 0.294. The molecular formula is C17H22N4O2S. The lowest BCUT2D eigenvalue weighted by atomic mass is 10.2. The minimum atomic E-state index is -0.296. The van der Waals surface area contributed by atoms with Crippen LogP contribution in [0.4, 0.5) is 0 Å². The van der Waals surface area contributed by atoms with Crippen LogP contribution in [0.25, 0.3) is 0 Å². The number of guanidine groups is 1. The number of hydrogen-bond donors (Lipinski definition) is 4. The van der Waals surface area contributed by atoms with Crippen LogP contribution < -0.4 is 16.0 Å². The summed E-state index contributed by atoms with van der Waals surface area (Å²) in [5.41, 5.74) is 1.44. The van der Waals surface area contributed by atoms with Crippen LogP contribution in [0.15, 0.2) is 46.1 Å². The molecule has 2 aromatic rings. The zero-order chi connectivity index (χ0) is 17.2. The number of para-hydroxylation sites is 1. The second kappa shape index (κ2) is 9.57. The molecule has 1 heterocycles. The number of aliphatic imine (C=N–C) groups is 1. The van der Waals surface area contributed by atoms with Crippen molar-refractivity contribution in [3.63, 3.8) is 0 Å². The number of rotatable bonds is 7. The Balaban J connectivity index is 1.77. The summed E-state index contributed by atoms with van der Waals surface area (Å²) < 4.78 is 0. The highest BCUT2D eigenvalue weighted by atomic mass is 32.1. The van der Waals surface area contributed by atoms with Crippen LogP contribution in [0.5, 0.6) is 5.75 Å². The standard InChI is InChI=1S/C17H22N4O2S/c1-2-18-17(21-11-13-7-10-24-12-13)20-9-8-19-16(23)14-5-3-4-6-15(14)22/h3-7,10,12,22H,2,8-9,11H2,1H3,(H,19,23)(H2,18,20,21). The third kappa shape index (κ3) is 5.58. The molecule has 0 aliphatic rings. The average Bonchev–Trinajstić information content (AvgIpc) is 3.10. The second-order valence-corrected chi connectivity index (χ2v) is 5.81. The summed E-state index contributed by atoms with van der Waals surface area (Å²) >= 11 is 1.65. The number of benzene rings is 1. The highest BCUT2D eigenvalue weighted by Crippen LogP contribution is 2.14. The van der Waals surface area contributed by atoms with E-state index in [9.17, 15) is 9.90 Å². The Kier molecular flexibility index (Phi) is 7.10. The minimum Gasteiger partial charge on any atom is -0.507 e. The van der Waals surface area contributed by atoms with Gasteiger partial charge in [-0.3, -0.25) is 4.79 Å². The molecule has 7 heteroatoms. The molecule has 0 bridgehead atoms. The topological polar surface area (TPSA) is 85.8 Å². The SMILES string of the molecule is CCNC(=NCc1ccsc1)NCCNC(=O)c1ccccc1O. The van der Waals surface area contributed by atoms with Crippen molar-refractivity contribution in [1.29, 1.82) is 0 Å². The normalized spacial score (nSPS) is 11.1. The molecule has 1 aromatic carbocycles. The summed E-state index contributed by atoms with van der Waals surface area (Å²) in [6, 6.07) is 8.52. The molecule has 0 spiro atoms. The van der Waals surface area contributed by atoms with Gasteiger partial charge in [0.25, 0.3) is 5.91 Å². The molecule has 0 fully saturated rings. The molecule has 0 atom stereocenters. The molecule has 4 N–H and O–H groups in total. The first-order chi connectivity index (χ1) is 11.7. The van der Waals surface area contributed by atoms with Crippen LogP contribution in [0, 0.1) is 0 Å². The van der Waals surface area contributed by atoms with E-state index in [2.05, 4.69) is 26.3 Å². The summed E-state index contributed by atoms with van der Waals surface area (Å²) in [5, 5.41) is 22.8. The van der Waals surface area contributed by atoms with Crippen molar-refractivity contribution in [2.75, 3.05) is 19.6 Å². The summed E-state index contributed by atoms with van der Waals surface area (Å²) in [7, 11) is 0. The van der Waals surface area contributed by atoms with E-state index >= 15 is 0 Å². The molecule has 0 aliphatic carbocycles. The number of thiophene rings is 1. The molecule has 1 amide bonds. The van der Waals surface area contributed by atoms with Gasteiger partial charge in [-0.05, 0) is 41.4 Å². The largest absolute Gasteiger partial charge is 0.507 e. The number of amides is 1. The predicted molar refractivity (Wildman–Crippen MR) is 97.6 cm³/mol. The highest BCUT2D eigenvalue weighted by Gasteiger charge is 2.09. The number of hydrogen-bond acceptors (Lipinski definition) is 4. The Morgan fingerprint density at radius 1 is 1.17 bits per heavy atom. The van der Waals surface area contributed by atoms with E-state index in [-0.39, 0.29) is 17.2 Å². The van der Waals surface area contributed by atoms with Crippen LogP contribution in [0.2, 0.25) is 0 Å². The third-order valence-electron chi connectivity index (χ3n) is 3.20. The molecule has 0 radical (unpaired) electrons. The lowest BCUT2D eigenvalue weighted by Gasteiger charge is -2.12. The van der Waals surface area contributed by atoms with Gasteiger partial charge < -0.3 is 21.1 Å². The number of carbonyl (C=O) groups is 1. The van der Waals surface area contributed by atoms with Gasteiger partial charge >= 0.3 is 0 Å². The molecule has 0 saturated carbocycles. The van der Waals surface area contributed by atoms with Gasteiger partial charge in [0.05, 0.1) is 12.1 Å². The Morgan fingerprint density at radius 3 is 2.67 bits per heavy atom. The number of nitrogens with zero attached hydrogens (tertiary/aromatic N) is 1. The van der Waals surface area contributed by atoms with Gasteiger partial charge in [0.2, 0.25) is 0 Å². The molecule has 2 rings (SSSR count). The zero-order valence-corrected chi connectivity index (χ0v) is 14.4. The van der Waals surface area contributed by atoms with E-state index in [1.54, 1.807) is 29.5 Å². The average molecular weight is 346 g/mol. The van der Waals surface area contributed by atoms with Gasteiger partial charge in [0, 0.05) is 19.6 Å². The number of carbonyl (C=O) groups excluding carboxylic acids is 1. The molecule has 1 aromatic heterocycles. The number of nitrogens with one attached hydrogen (secondary N) is 3.